The number of aryl methyl sites for hydroxylation is 3. The van der Waals surface area contributed by atoms with E-state index in [2.05, 4.69) is 69.4 Å². The van der Waals surface area contributed by atoms with Crippen LogP contribution in [0, 0.1) is 20.8 Å². The smallest absolute Gasteiger partial charge is 0.0381 e. The molecule has 2 aromatic rings. The number of rotatable bonds is 1. The number of hydrogen-bond donors (Lipinski definition) is 1. The fourth-order valence-electron chi connectivity index (χ4n) is 3.75. The van der Waals surface area contributed by atoms with Crippen LogP contribution in [0.3, 0.4) is 0 Å². The second-order valence-electron chi connectivity index (χ2n) is 6.23. The lowest BCUT2D eigenvalue weighted by atomic mass is 9.78. The van der Waals surface area contributed by atoms with Gasteiger partial charge in [0.05, 0.1) is 0 Å². The molecule has 1 aliphatic rings. The van der Waals surface area contributed by atoms with E-state index >= 15 is 0 Å². The second-order valence-corrected chi connectivity index (χ2v) is 6.23. The van der Waals surface area contributed by atoms with E-state index in [0.717, 1.165) is 0 Å². The number of anilines is 1. The summed E-state index contributed by atoms with van der Waals surface area (Å²) in [5.74, 6) is 0.517. The molecule has 1 N–H and O–H groups in total. The first-order valence-electron chi connectivity index (χ1n) is 7.49. The Morgan fingerprint density at radius 3 is 2.35 bits per heavy atom. The van der Waals surface area contributed by atoms with Gasteiger partial charge in [-0.25, -0.2) is 0 Å². The quantitative estimate of drug-likeness (QED) is 0.769. The summed E-state index contributed by atoms with van der Waals surface area (Å²) in [5.41, 5.74) is 8.49. The highest BCUT2D eigenvalue weighted by molar-refractivity contribution is 5.59. The van der Waals surface area contributed by atoms with Crippen molar-refractivity contribution in [2.45, 2.75) is 46.1 Å². The molecule has 20 heavy (non-hydrogen) atoms. The maximum atomic E-state index is 3.61. The predicted molar refractivity (Wildman–Crippen MR) is 86.6 cm³/mol. The molecule has 1 aliphatic heterocycles. The molecule has 2 atom stereocenters. The summed E-state index contributed by atoms with van der Waals surface area (Å²) in [6.45, 7) is 8.97. The number of hydrogen-bond acceptors (Lipinski definition) is 1. The molecule has 1 nitrogen and oxygen atoms in total. The van der Waals surface area contributed by atoms with Gasteiger partial charge in [0.15, 0.2) is 0 Å². The molecule has 0 aromatic heterocycles. The Labute approximate surface area is 122 Å². The SMILES string of the molecule is Cc1cc(C)c(C2CC(C)Nc3ccccc32)c(C)c1. The third-order valence-electron chi connectivity index (χ3n) is 4.41. The van der Waals surface area contributed by atoms with E-state index in [4.69, 9.17) is 0 Å². The summed E-state index contributed by atoms with van der Waals surface area (Å²) in [5, 5.41) is 3.61. The Hall–Kier alpha value is -1.76. The molecular weight excluding hydrogens is 242 g/mol. The molecule has 0 saturated carbocycles. The van der Waals surface area contributed by atoms with Crippen LogP contribution in [0.4, 0.5) is 5.69 Å². The summed E-state index contributed by atoms with van der Waals surface area (Å²) in [7, 11) is 0. The lowest BCUT2D eigenvalue weighted by Crippen LogP contribution is -2.26. The molecule has 0 amide bonds. The van der Waals surface area contributed by atoms with Crippen LogP contribution in [-0.2, 0) is 0 Å². The number of nitrogens with one attached hydrogen (secondary N) is 1. The van der Waals surface area contributed by atoms with Crippen LogP contribution in [0.15, 0.2) is 36.4 Å². The van der Waals surface area contributed by atoms with Gasteiger partial charge in [-0.15, -0.1) is 0 Å². The molecule has 3 rings (SSSR count). The Morgan fingerprint density at radius 2 is 1.65 bits per heavy atom. The highest BCUT2D eigenvalue weighted by Gasteiger charge is 2.27. The highest BCUT2D eigenvalue weighted by atomic mass is 14.9. The van der Waals surface area contributed by atoms with Crippen molar-refractivity contribution in [1.82, 2.24) is 0 Å². The van der Waals surface area contributed by atoms with E-state index in [9.17, 15) is 0 Å². The second kappa shape index (κ2) is 4.97. The topological polar surface area (TPSA) is 12.0 Å². The van der Waals surface area contributed by atoms with Gasteiger partial charge in [0.2, 0.25) is 0 Å². The maximum Gasteiger partial charge on any atom is 0.0381 e. The van der Waals surface area contributed by atoms with Crippen molar-refractivity contribution in [2.75, 3.05) is 5.32 Å². The van der Waals surface area contributed by atoms with Crippen LogP contribution < -0.4 is 5.32 Å². The molecule has 0 spiro atoms. The predicted octanol–water partition coefficient (Wildman–Crippen LogP) is 4.95. The summed E-state index contributed by atoms with van der Waals surface area (Å²) in [6, 6.07) is 13.9. The van der Waals surface area contributed by atoms with Gasteiger partial charge in [-0.1, -0.05) is 35.9 Å². The monoisotopic (exact) mass is 265 g/mol. The van der Waals surface area contributed by atoms with Crippen molar-refractivity contribution in [3.63, 3.8) is 0 Å². The minimum atomic E-state index is 0.517. The van der Waals surface area contributed by atoms with Crippen molar-refractivity contribution in [3.05, 3.63) is 64.2 Å². The van der Waals surface area contributed by atoms with Crippen molar-refractivity contribution in [1.29, 1.82) is 0 Å². The van der Waals surface area contributed by atoms with Crippen molar-refractivity contribution in [3.8, 4) is 0 Å². The van der Waals surface area contributed by atoms with E-state index in [1.54, 1.807) is 0 Å². The Kier molecular flexibility index (Phi) is 3.29. The number of fused-ring (bicyclic) bond motifs is 1. The molecule has 0 aliphatic carbocycles. The van der Waals surface area contributed by atoms with Crippen LogP contribution >= 0.6 is 0 Å². The molecule has 104 valence electrons. The Morgan fingerprint density at radius 1 is 1.00 bits per heavy atom. The average Bonchev–Trinajstić information content (AvgIpc) is 2.37. The average molecular weight is 265 g/mol. The van der Waals surface area contributed by atoms with Crippen LogP contribution in [0.2, 0.25) is 0 Å². The van der Waals surface area contributed by atoms with Gasteiger partial charge < -0.3 is 5.32 Å². The van der Waals surface area contributed by atoms with Gasteiger partial charge in [0.1, 0.15) is 0 Å². The normalized spacial score (nSPS) is 21.2. The number of para-hydroxylation sites is 1. The first-order chi connectivity index (χ1) is 9.56. The van der Waals surface area contributed by atoms with E-state index < -0.39 is 0 Å². The zero-order valence-corrected chi connectivity index (χ0v) is 12.8. The summed E-state index contributed by atoms with van der Waals surface area (Å²) >= 11 is 0. The summed E-state index contributed by atoms with van der Waals surface area (Å²) < 4.78 is 0. The first-order valence-corrected chi connectivity index (χ1v) is 7.49. The third kappa shape index (κ3) is 2.22. The molecule has 0 saturated heterocycles. The zero-order chi connectivity index (χ0) is 14.3. The molecule has 0 fully saturated rings. The van der Waals surface area contributed by atoms with Gasteiger partial charge in [-0.05, 0) is 62.4 Å². The summed E-state index contributed by atoms with van der Waals surface area (Å²) in [6.07, 6.45) is 1.17. The van der Waals surface area contributed by atoms with E-state index in [-0.39, 0.29) is 0 Å². The van der Waals surface area contributed by atoms with Gasteiger partial charge in [0, 0.05) is 17.6 Å². The third-order valence-corrected chi connectivity index (χ3v) is 4.41. The molecule has 0 radical (unpaired) electrons. The Bertz CT molecular complexity index is 619. The first kappa shape index (κ1) is 13.2. The summed E-state index contributed by atoms with van der Waals surface area (Å²) in [4.78, 5) is 0. The highest BCUT2D eigenvalue weighted by Crippen LogP contribution is 2.41. The molecule has 2 aromatic carbocycles. The van der Waals surface area contributed by atoms with Gasteiger partial charge in [0.25, 0.3) is 0 Å². The number of benzene rings is 2. The van der Waals surface area contributed by atoms with E-state index in [0.29, 0.717) is 12.0 Å². The van der Waals surface area contributed by atoms with Gasteiger partial charge >= 0.3 is 0 Å². The lowest BCUT2D eigenvalue weighted by molar-refractivity contribution is 0.610. The van der Waals surface area contributed by atoms with Crippen LogP contribution in [0.5, 0.6) is 0 Å². The zero-order valence-electron chi connectivity index (χ0n) is 12.8. The van der Waals surface area contributed by atoms with Gasteiger partial charge in [-0.3, -0.25) is 0 Å². The standard InChI is InChI=1S/C19H23N/c1-12-9-13(2)19(14(3)10-12)17-11-15(4)20-18-8-6-5-7-16(17)18/h5-10,15,17,20H,11H2,1-4H3. The lowest BCUT2D eigenvalue weighted by Gasteiger charge is -2.33. The fourth-order valence-corrected chi connectivity index (χ4v) is 3.75. The minimum absolute atomic E-state index is 0.517. The molecule has 1 heterocycles. The van der Waals surface area contributed by atoms with E-state index in [1.807, 2.05) is 0 Å². The van der Waals surface area contributed by atoms with Crippen LogP contribution in [0.1, 0.15) is 47.1 Å². The molecular formula is C19H23N. The largest absolute Gasteiger partial charge is 0.382 e. The molecule has 0 bridgehead atoms. The molecule has 2 unspecified atom stereocenters. The Balaban J connectivity index is 2.16. The van der Waals surface area contributed by atoms with E-state index in [1.165, 1.54) is 39.9 Å². The molecule has 1 heteroatoms. The van der Waals surface area contributed by atoms with Crippen molar-refractivity contribution >= 4 is 5.69 Å². The van der Waals surface area contributed by atoms with Crippen LogP contribution in [0.25, 0.3) is 0 Å². The fraction of sp³-hybridized carbons (Fsp3) is 0.368. The van der Waals surface area contributed by atoms with Crippen LogP contribution in [-0.4, -0.2) is 6.04 Å². The van der Waals surface area contributed by atoms with Crippen molar-refractivity contribution < 1.29 is 0 Å². The van der Waals surface area contributed by atoms with Crippen molar-refractivity contribution in [2.24, 2.45) is 0 Å². The maximum absolute atomic E-state index is 3.61. The van der Waals surface area contributed by atoms with Gasteiger partial charge in [-0.2, -0.15) is 0 Å². The minimum Gasteiger partial charge on any atom is -0.382 e.